The monoisotopic (exact) mass is 311 g/mol. The zero-order valence-corrected chi connectivity index (χ0v) is 13.4. The van der Waals surface area contributed by atoms with Crippen LogP contribution >= 0.6 is 24.0 Å². The first-order valence-electron chi connectivity index (χ1n) is 7.48. The number of rotatable bonds is 1. The van der Waals surface area contributed by atoms with Gasteiger partial charge in [0.2, 0.25) is 0 Å². The van der Waals surface area contributed by atoms with Crippen LogP contribution in [0.1, 0.15) is 29.2 Å². The van der Waals surface area contributed by atoms with Crippen molar-refractivity contribution < 1.29 is 0 Å². The molecule has 0 aromatic heterocycles. The Bertz CT molecular complexity index is 644. The third kappa shape index (κ3) is 2.29. The van der Waals surface area contributed by atoms with Crippen molar-refractivity contribution in [3.63, 3.8) is 0 Å². The van der Waals surface area contributed by atoms with E-state index in [9.17, 15) is 0 Å². The van der Waals surface area contributed by atoms with E-state index in [-0.39, 0.29) is 0 Å². The number of nitrogens with zero attached hydrogens (tertiary/aromatic N) is 1. The molecule has 106 valence electrons. The molecule has 1 nitrogen and oxygen atoms in total. The summed E-state index contributed by atoms with van der Waals surface area (Å²) >= 11 is 7.54. The maximum atomic E-state index is 5.70. The molecule has 0 radical (unpaired) electrons. The van der Waals surface area contributed by atoms with Crippen LogP contribution in [0.25, 0.3) is 11.1 Å². The third-order valence-electron chi connectivity index (χ3n) is 4.36. The van der Waals surface area contributed by atoms with E-state index in [2.05, 4.69) is 53.4 Å². The Morgan fingerprint density at radius 3 is 2.00 bits per heavy atom. The number of benzene rings is 2. The maximum Gasteiger partial charge on any atom is 0.137 e. The van der Waals surface area contributed by atoms with Crippen LogP contribution in [0.15, 0.2) is 48.5 Å². The van der Waals surface area contributed by atoms with Crippen LogP contribution in [0, 0.1) is 0 Å². The fraction of sp³-hybridized carbons (Fsp3) is 0.278. The lowest BCUT2D eigenvalue weighted by atomic mass is 10.1. The Morgan fingerprint density at radius 1 is 0.905 bits per heavy atom. The fourth-order valence-electron chi connectivity index (χ4n) is 3.31. The average Bonchev–Trinajstić information content (AvgIpc) is 3.15. The molecule has 0 atom stereocenters. The van der Waals surface area contributed by atoms with Crippen LogP contribution in [0.4, 0.5) is 0 Å². The van der Waals surface area contributed by atoms with Gasteiger partial charge in [0.25, 0.3) is 0 Å². The summed E-state index contributed by atoms with van der Waals surface area (Å²) in [6, 6.07) is 17.5. The van der Waals surface area contributed by atoms with E-state index in [1.807, 2.05) is 11.8 Å². The Hall–Kier alpha value is -1.32. The van der Waals surface area contributed by atoms with Crippen molar-refractivity contribution in [2.24, 2.45) is 0 Å². The molecule has 2 aliphatic rings. The molecule has 0 unspecified atom stereocenters. The van der Waals surface area contributed by atoms with Crippen molar-refractivity contribution in [1.82, 2.24) is 4.90 Å². The van der Waals surface area contributed by atoms with Gasteiger partial charge in [-0.25, -0.2) is 0 Å². The van der Waals surface area contributed by atoms with Gasteiger partial charge in [-0.15, -0.1) is 0 Å². The van der Waals surface area contributed by atoms with Gasteiger partial charge in [0.15, 0.2) is 0 Å². The van der Waals surface area contributed by atoms with E-state index in [0.29, 0.717) is 5.25 Å². The normalized spacial score (nSPS) is 16.9. The van der Waals surface area contributed by atoms with Crippen LogP contribution in [0.2, 0.25) is 0 Å². The average molecular weight is 311 g/mol. The molecular formula is C18H17NS2. The first-order valence-corrected chi connectivity index (χ1v) is 8.77. The Labute approximate surface area is 135 Å². The summed E-state index contributed by atoms with van der Waals surface area (Å²) in [5, 5.41) is 0.352. The van der Waals surface area contributed by atoms with E-state index < -0.39 is 0 Å². The molecule has 3 heteroatoms. The number of thioether (sulfide) groups is 1. The quantitative estimate of drug-likeness (QED) is 0.692. The van der Waals surface area contributed by atoms with Gasteiger partial charge in [-0.2, -0.15) is 0 Å². The van der Waals surface area contributed by atoms with Crippen molar-refractivity contribution in [2.45, 2.75) is 18.1 Å². The Morgan fingerprint density at radius 2 is 1.43 bits per heavy atom. The predicted octanol–water partition coefficient (Wildman–Crippen LogP) is 4.87. The van der Waals surface area contributed by atoms with E-state index in [1.54, 1.807) is 0 Å². The highest BCUT2D eigenvalue weighted by Crippen LogP contribution is 2.50. The standard InChI is InChI=1S/C18H17NS2/c20-18(19-11-5-6-12-19)21-17-15-9-3-1-7-13(15)14-8-2-4-10-16(14)17/h1-4,7-10,17H,5-6,11-12H2. The molecule has 1 heterocycles. The number of thiocarbonyl (C=S) groups is 1. The molecule has 1 saturated heterocycles. The van der Waals surface area contributed by atoms with Gasteiger partial charge in [-0.1, -0.05) is 72.5 Å². The lowest BCUT2D eigenvalue weighted by molar-refractivity contribution is 0.539. The maximum absolute atomic E-state index is 5.70. The molecule has 2 aromatic rings. The third-order valence-corrected chi connectivity index (χ3v) is 6.11. The first kappa shape index (κ1) is 13.4. The van der Waals surface area contributed by atoms with Gasteiger partial charge in [0, 0.05) is 13.1 Å². The van der Waals surface area contributed by atoms with Gasteiger partial charge in [-0.3, -0.25) is 0 Å². The second-order valence-corrected chi connectivity index (χ2v) is 7.37. The van der Waals surface area contributed by atoms with Gasteiger partial charge >= 0.3 is 0 Å². The zero-order valence-electron chi connectivity index (χ0n) is 11.8. The first-order chi connectivity index (χ1) is 10.3. The van der Waals surface area contributed by atoms with Crippen LogP contribution in [-0.2, 0) is 0 Å². The number of fused-ring (bicyclic) bond motifs is 3. The van der Waals surface area contributed by atoms with Gasteiger partial charge in [0.1, 0.15) is 4.32 Å². The molecule has 21 heavy (non-hydrogen) atoms. The predicted molar refractivity (Wildman–Crippen MR) is 94.7 cm³/mol. The highest BCUT2D eigenvalue weighted by molar-refractivity contribution is 8.23. The minimum atomic E-state index is 0.352. The molecule has 1 aliphatic carbocycles. The SMILES string of the molecule is S=C(SC1c2ccccc2-c2ccccc21)N1CCCC1. The molecule has 2 aromatic carbocycles. The van der Waals surface area contributed by atoms with Crippen molar-refractivity contribution in [2.75, 3.05) is 13.1 Å². The minimum absolute atomic E-state index is 0.352. The van der Waals surface area contributed by atoms with Crippen LogP contribution in [0.5, 0.6) is 0 Å². The zero-order chi connectivity index (χ0) is 14.2. The molecule has 0 spiro atoms. The summed E-state index contributed by atoms with van der Waals surface area (Å²) < 4.78 is 1.06. The van der Waals surface area contributed by atoms with Crippen LogP contribution < -0.4 is 0 Å². The van der Waals surface area contributed by atoms with E-state index >= 15 is 0 Å². The second kappa shape index (κ2) is 5.47. The highest BCUT2D eigenvalue weighted by Gasteiger charge is 2.30. The highest BCUT2D eigenvalue weighted by atomic mass is 32.2. The Kier molecular flexibility index (Phi) is 3.48. The second-order valence-electron chi connectivity index (χ2n) is 5.63. The summed E-state index contributed by atoms with van der Waals surface area (Å²) in [6.07, 6.45) is 2.55. The van der Waals surface area contributed by atoms with Crippen molar-refractivity contribution in [3.05, 3.63) is 59.7 Å². The largest absolute Gasteiger partial charge is 0.357 e. The smallest absolute Gasteiger partial charge is 0.137 e. The van der Waals surface area contributed by atoms with E-state index in [1.165, 1.54) is 35.1 Å². The summed E-state index contributed by atoms with van der Waals surface area (Å²) in [4.78, 5) is 2.36. The fourth-order valence-corrected chi connectivity index (χ4v) is 4.98. The van der Waals surface area contributed by atoms with Gasteiger partial charge < -0.3 is 4.90 Å². The van der Waals surface area contributed by atoms with Crippen LogP contribution in [-0.4, -0.2) is 22.3 Å². The summed E-state index contributed by atoms with van der Waals surface area (Å²) in [7, 11) is 0. The lowest BCUT2D eigenvalue weighted by Crippen LogP contribution is -2.23. The number of likely N-dealkylation sites (tertiary alicyclic amines) is 1. The Balaban J connectivity index is 1.70. The van der Waals surface area contributed by atoms with Crippen molar-refractivity contribution in [1.29, 1.82) is 0 Å². The number of hydrogen-bond acceptors (Lipinski definition) is 2. The summed E-state index contributed by atoms with van der Waals surface area (Å²) in [6.45, 7) is 2.25. The summed E-state index contributed by atoms with van der Waals surface area (Å²) in [5.41, 5.74) is 5.56. The molecule has 1 aliphatic heterocycles. The molecule has 0 amide bonds. The molecule has 1 fully saturated rings. The van der Waals surface area contributed by atoms with Crippen molar-refractivity contribution in [3.8, 4) is 11.1 Å². The van der Waals surface area contributed by atoms with E-state index in [0.717, 1.165) is 17.4 Å². The summed E-state index contributed by atoms with van der Waals surface area (Å²) in [5.74, 6) is 0. The van der Waals surface area contributed by atoms with Crippen LogP contribution in [0.3, 0.4) is 0 Å². The minimum Gasteiger partial charge on any atom is -0.357 e. The lowest BCUT2D eigenvalue weighted by Gasteiger charge is -2.21. The molecule has 0 N–H and O–H groups in total. The molecular weight excluding hydrogens is 294 g/mol. The van der Waals surface area contributed by atoms with Gasteiger partial charge in [0.05, 0.1) is 5.25 Å². The molecule has 0 saturated carbocycles. The number of hydrogen-bond donors (Lipinski definition) is 0. The molecule has 4 rings (SSSR count). The molecule has 0 bridgehead atoms. The topological polar surface area (TPSA) is 3.24 Å². The van der Waals surface area contributed by atoms with E-state index in [4.69, 9.17) is 12.2 Å². The van der Waals surface area contributed by atoms with Gasteiger partial charge in [-0.05, 0) is 35.1 Å². The van der Waals surface area contributed by atoms with Crippen molar-refractivity contribution >= 4 is 28.3 Å².